The maximum absolute atomic E-state index is 12.9. The second kappa shape index (κ2) is 8.50. The molecule has 0 saturated heterocycles. The highest BCUT2D eigenvalue weighted by Gasteiger charge is 2.31. The van der Waals surface area contributed by atoms with E-state index < -0.39 is 22.0 Å². The van der Waals surface area contributed by atoms with Crippen LogP contribution in [0.4, 0.5) is 11.4 Å². The summed E-state index contributed by atoms with van der Waals surface area (Å²) in [4.78, 5) is 12.9. The van der Waals surface area contributed by atoms with Crippen LogP contribution >= 0.6 is 23.2 Å². The summed E-state index contributed by atoms with van der Waals surface area (Å²) < 4.78 is 26.1. The number of sulfonamides is 1. The van der Waals surface area contributed by atoms with Crippen molar-refractivity contribution in [2.75, 3.05) is 15.9 Å². The van der Waals surface area contributed by atoms with Crippen molar-refractivity contribution >= 4 is 50.5 Å². The van der Waals surface area contributed by atoms with Crippen LogP contribution in [0.1, 0.15) is 24.5 Å². The zero-order valence-electron chi connectivity index (χ0n) is 15.6. The monoisotopic (exact) mass is 428 g/mol. The molecule has 0 aromatic heterocycles. The number of carbonyl (C=O) groups excluding carboxylic acids is 1. The average molecular weight is 429 g/mol. The molecule has 2 aromatic rings. The van der Waals surface area contributed by atoms with E-state index in [0.717, 1.165) is 21.7 Å². The summed E-state index contributed by atoms with van der Waals surface area (Å²) in [6, 6.07) is 9.11. The molecule has 0 bridgehead atoms. The van der Waals surface area contributed by atoms with Crippen LogP contribution in [0.2, 0.25) is 10.0 Å². The van der Waals surface area contributed by atoms with Gasteiger partial charge in [0, 0.05) is 5.69 Å². The third kappa shape index (κ3) is 5.15. The molecule has 27 heavy (non-hydrogen) atoms. The van der Waals surface area contributed by atoms with Gasteiger partial charge in [-0.15, -0.1) is 0 Å². The van der Waals surface area contributed by atoms with Crippen molar-refractivity contribution in [2.24, 2.45) is 0 Å². The molecule has 0 radical (unpaired) electrons. The van der Waals surface area contributed by atoms with Crippen LogP contribution in [0.3, 0.4) is 0 Å². The van der Waals surface area contributed by atoms with Gasteiger partial charge in [-0.1, -0.05) is 36.2 Å². The van der Waals surface area contributed by atoms with Crippen molar-refractivity contribution in [3.63, 3.8) is 0 Å². The lowest BCUT2D eigenvalue weighted by atomic mass is 10.1. The summed E-state index contributed by atoms with van der Waals surface area (Å²) in [5.74, 6) is -0.445. The number of hydrogen-bond acceptors (Lipinski definition) is 3. The van der Waals surface area contributed by atoms with Gasteiger partial charge in [0.15, 0.2) is 0 Å². The van der Waals surface area contributed by atoms with Gasteiger partial charge in [0.25, 0.3) is 0 Å². The third-order valence-corrected chi connectivity index (χ3v) is 6.18. The quantitative estimate of drug-likeness (QED) is 0.718. The normalized spacial score (nSPS) is 12.5. The fraction of sp³-hybridized carbons (Fsp3) is 0.316. The molecule has 1 amide bonds. The maximum Gasteiger partial charge on any atom is 0.248 e. The maximum atomic E-state index is 12.9. The third-order valence-electron chi connectivity index (χ3n) is 4.26. The van der Waals surface area contributed by atoms with Crippen LogP contribution in [0.15, 0.2) is 36.4 Å². The first-order valence-corrected chi connectivity index (χ1v) is 11.0. The van der Waals surface area contributed by atoms with Crippen molar-refractivity contribution in [1.29, 1.82) is 0 Å². The van der Waals surface area contributed by atoms with Gasteiger partial charge >= 0.3 is 0 Å². The lowest BCUT2D eigenvalue weighted by molar-refractivity contribution is -0.117. The van der Waals surface area contributed by atoms with Gasteiger partial charge in [0.1, 0.15) is 6.04 Å². The highest BCUT2D eigenvalue weighted by Crippen LogP contribution is 2.27. The zero-order valence-corrected chi connectivity index (χ0v) is 17.9. The molecular formula is C19H22Cl2N2O3S. The molecule has 146 valence electrons. The van der Waals surface area contributed by atoms with E-state index in [4.69, 9.17) is 23.2 Å². The number of benzene rings is 2. The van der Waals surface area contributed by atoms with Crippen molar-refractivity contribution in [3.05, 3.63) is 57.6 Å². The Labute approximate surface area is 170 Å². The van der Waals surface area contributed by atoms with Crippen LogP contribution in [-0.2, 0) is 14.8 Å². The Balaban J connectivity index is 2.40. The van der Waals surface area contributed by atoms with E-state index in [-0.39, 0.29) is 0 Å². The molecule has 2 aromatic carbocycles. The average Bonchev–Trinajstić information content (AvgIpc) is 2.57. The van der Waals surface area contributed by atoms with Gasteiger partial charge in [0.2, 0.25) is 15.9 Å². The standard InChI is InChI=1S/C19H22Cl2N2O3S/c1-5-18(19(24)22-14-7-9-16(20)17(21)11-14)23(27(4,25)26)15-8-6-12(2)13(3)10-15/h6-11,18H,5H2,1-4H3,(H,22,24)/t18-/m0/s1. The second-order valence-electron chi connectivity index (χ2n) is 6.37. The predicted molar refractivity (Wildman–Crippen MR) is 112 cm³/mol. The molecule has 0 aliphatic rings. The minimum atomic E-state index is -3.69. The highest BCUT2D eigenvalue weighted by molar-refractivity contribution is 7.92. The molecule has 0 aliphatic heterocycles. The predicted octanol–water partition coefficient (Wildman–Crippen LogP) is 4.79. The van der Waals surface area contributed by atoms with Gasteiger partial charge < -0.3 is 5.32 Å². The van der Waals surface area contributed by atoms with Crippen molar-refractivity contribution in [1.82, 2.24) is 0 Å². The molecule has 0 fully saturated rings. The summed E-state index contributed by atoms with van der Waals surface area (Å²) in [5, 5.41) is 3.39. The summed E-state index contributed by atoms with van der Waals surface area (Å²) in [7, 11) is -3.69. The molecule has 0 saturated carbocycles. The number of aryl methyl sites for hydroxylation is 2. The number of carbonyl (C=O) groups is 1. The molecule has 8 heteroatoms. The van der Waals surface area contributed by atoms with E-state index in [1.54, 1.807) is 31.2 Å². The summed E-state index contributed by atoms with van der Waals surface area (Å²) in [6.45, 7) is 5.60. The Hall–Kier alpha value is -1.76. The first-order chi connectivity index (χ1) is 12.5. The fourth-order valence-electron chi connectivity index (χ4n) is 2.72. The number of nitrogens with zero attached hydrogens (tertiary/aromatic N) is 1. The smallest absolute Gasteiger partial charge is 0.248 e. The number of hydrogen-bond donors (Lipinski definition) is 1. The molecule has 0 unspecified atom stereocenters. The van der Waals surface area contributed by atoms with Crippen LogP contribution in [0.25, 0.3) is 0 Å². The Bertz CT molecular complexity index is 961. The van der Waals surface area contributed by atoms with Crippen LogP contribution in [-0.4, -0.2) is 26.6 Å². The first-order valence-electron chi connectivity index (χ1n) is 8.37. The van der Waals surface area contributed by atoms with Gasteiger partial charge in [-0.25, -0.2) is 8.42 Å². The fourth-order valence-corrected chi connectivity index (χ4v) is 4.22. The SMILES string of the molecule is CC[C@@H](C(=O)Nc1ccc(Cl)c(Cl)c1)N(c1ccc(C)c(C)c1)S(C)(=O)=O. The Morgan fingerprint density at radius 2 is 1.74 bits per heavy atom. The van der Waals surface area contributed by atoms with Crippen LogP contribution < -0.4 is 9.62 Å². The number of nitrogens with one attached hydrogen (secondary N) is 1. The van der Waals surface area contributed by atoms with Gasteiger partial charge in [-0.3, -0.25) is 9.10 Å². The van der Waals surface area contributed by atoms with E-state index in [1.165, 1.54) is 6.07 Å². The molecule has 0 spiro atoms. The molecule has 0 aliphatic carbocycles. The zero-order chi connectivity index (χ0) is 20.4. The Morgan fingerprint density at radius 1 is 1.07 bits per heavy atom. The van der Waals surface area contributed by atoms with Crippen LogP contribution in [0, 0.1) is 13.8 Å². The number of amides is 1. The second-order valence-corrected chi connectivity index (χ2v) is 9.04. The number of anilines is 2. The van der Waals surface area contributed by atoms with E-state index in [0.29, 0.717) is 27.8 Å². The summed E-state index contributed by atoms with van der Waals surface area (Å²) >= 11 is 11.9. The minimum Gasteiger partial charge on any atom is -0.324 e. The van der Waals surface area contributed by atoms with Crippen molar-refractivity contribution in [2.45, 2.75) is 33.2 Å². The molecule has 1 atom stereocenters. The topological polar surface area (TPSA) is 66.5 Å². The highest BCUT2D eigenvalue weighted by atomic mass is 35.5. The molecule has 0 heterocycles. The molecular weight excluding hydrogens is 407 g/mol. The molecule has 1 N–H and O–H groups in total. The number of halogens is 2. The number of rotatable bonds is 6. The lowest BCUT2D eigenvalue weighted by Gasteiger charge is -2.30. The van der Waals surface area contributed by atoms with E-state index in [1.807, 2.05) is 19.9 Å². The molecule has 2 rings (SSSR count). The molecule has 5 nitrogen and oxygen atoms in total. The summed E-state index contributed by atoms with van der Waals surface area (Å²) in [5.41, 5.74) is 2.89. The van der Waals surface area contributed by atoms with Gasteiger partial charge in [-0.05, 0) is 61.7 Å². The van der Waals surface area contributed by atoms with Crippen molar-refractivity contribution in [3.8, 4) is 0 Å². The largest absolute Gasteiger partial charge is 0.324 e. The van der Waals surface area contributed by atoms with Crippen LogP contribution in [0.5, 0.6) is 0 Å². The summed E-state index contributed by atoms with van der Waals surface area (Å²) in [6.07, 6.45) is 1.39. The van der Waals surface area contributed by atoms with E-state index >= 15 is 0 Å². The van der Waals surface area contributed by atoms with Crippen molar-refractivity contribution < 1.29 is 13.2 Å². The Morgan fingerprint density at radius 3 is 2.26 bits per heavy atom. The Kier molecular flexibility index (Phi) is 6.78. The van der Waals surface area contributed by atoms with Gasteiger partial charge in [0.05, 0.1) is 22.0 Å². The lowest BCUT2D eigenvalue weighted by Crippen LogP contribution is -2.47. The van der Waals surface area contributed by atoms with Gasteiger partial charge in [-0.2, -0.15) is 0 Å². The van der Waals surface area contributed by atoms with E-state index in [2.05, 4.69) is 5.32 Å². The first kappa shape index (κ1) is 21.5. The minimum absolute atomic E-state index is 0.299. The van der Waals surface area contributed by atoms with E-state index in [9.17, 15) is 13.2 Å².